The maximum absolute atomic E-state index is 6.30. The van der Waals surface area contributed by atoms with E-state index < -0.39 is 6.04 Å². The predicted octanol–water partition coefficient (Wildman–Crippen LogP) is 2.55. The summed E-state index contributed by atoms with van der Waals surface area (Å²) in [6.07, 6.45) is 0. The summed E-state index contributed by atoms with van der Waals surface area (Å²) in [5, 5.41) is 7.17. The predicted molar refractivity (Wildman–Crippen MR) is 93.9 cm³/mol. The minimum atomic E-state index is -0.434. The summed E-state index contributed by atoms with van der Waals surface area (Å²) in [5.74, 6) is 3.11. The van der Waals surface area contributed by atoms with Crippen LogP contribution in [0.5, 0.6) is 17.2 Å². The van der Waals surface area contributed by atoms with Crippen LogP contribution in [-0.2, 0) is 0 Å². The number of nitrogens with one attached hydrogen (secondary N) is 1. The summed E-state index contributed by atoms with van der Waals surface area (Å²) in [6.45, 7) is 0. The van der Waals surface area contributed by atoms with Crippen LogP contribution in [0.1, 0.15) is 17.4 Å². The van der Waals surface area contributed by atoms with Crippen LogP contribution >= 0.6 is 0 Å². The fourth-order valence-corrected chi connectivity index (χ4v) is 2.51. The molecule has 7 nitrogen and oxygen atoms in total. The molecule has 3 rings (SSSR count). The first-order valence-corrected chi connectivity index (χ1v) is 7.70. The first-order valence-electron chi connectivity index (χ1n) is 7.70. The van der Waals surface area contributed by atoms with Crippen LogP contribution in [0.15, 0.2) is 42.5 Å². The van der Waals surface area contributed by atoms with Crippen molar-refractivity contribution in [2.75, 3.05) is 21.3 Å². The minimum absolute atomic E-state index is 0.434. The molecule has 0 unspecified atom stereocenters. The van der Waals surface area contributed by atoms with Gasteiger partial charge < -0.3 is 19.9 Å². The summed E-state index contributed by atoms with van der Waals surface area (Å²) in [5.41, 5.74) is 7.99. The second kappa shape index (κ2) is 7.23. The third-order valence-corrected chi connectivity index (χ3v) is 3.89. The summed E-state index contributed by atoms with van der Waals surface area (Å²) >= 11 is 0. The molecule has 25 heavy (non-hydrogen) atoms. The number of hydrogen-bond donors (Lipinski definition) is 2. The molecule has 130 valence electrons. The molecule has 0 saturated carbocycles. The standard InChI is InChI=1S/C18H20N4O3/c1-23-13-6-4-5-11(9-13)16(19)18-20-17(21-22-18)12-7-8-14(24-2)15(10-12)25-3/h4-10,16H,19H2,1-3H3,(H,20,21,22)/t16-/m0/s1. The Kier molecular flexibility index (Phi) is 4.85. The van der Waals surface area contributed by atoms with Gasteiger partial charge in [0.25, 0.3) is 0 Å². The van der Waals surface area contributed by atoms with Crippen molar-refractivity contribution in [1.82, 2.24) is 15.2 Å². The van der Waals surface area contributed by atoms with Gasteiger partial charge in [0.2, 0.25) is 0 Å². The Labute approximate surface area is 145 Å². The molecule has 0 radical (unpaired) electrons. The molecule has 0 fully saturated rings. The quantitative estimate of drug-likeness (QED) is 0.716. The lowest BCUT2D eigenvalue weighted by Gasteiger charge is -2.10. The summed E-state index contributed by atoms with van der Waals surface area (Å²) in [7, 11) is 4.80. The Morgan fingerprint density at radius 2 is 1.76 bits per heavy atom. The first-order chi connectivity index (χ1) is 12.2. The topological polar surface area (TPSA) is 95.3 Å². The van der Waals surface area contributed by atoms with Crippen molar-refractivity contribution in [2.24, 2.45) is 5.73 Å². The van der Waals surface area contributed by atoms with Crippen molar-refractivity contribution < 1.29 is 14.2 Å². The minimum Gasteiger partial charge on any atom is -0.497 e. The van der Waals surface area contributed by atoms with Crippen molar-refractivity contribution in [1.29, 1.82) is 0 Å². The van der Waals surface area contributed by atoms with E-state index >= 15 is 0 Å². The van der Waals surface area contributed by atoms with Crippen molar-refractivity contribution in [3.63, 3.8) is 0 Å². The molecule has 2 aromatic carbocycles. The highest BCUT2D eigenvalue weighted by Gasteiger charge is 2.16. The van der Waals surface area contributed by atoms with E-state index in [4.69, 9.17) is 19.9 Å². The van der Waals surface area contributed by atoms with Gasteiger partial charge in [0.15, 0.2) is 17.3 Å². The molecule has 0 amide bonds. The highest BCUT2D eigenvalue weighted by Crippen LogP contribution is 2.31. The SMILES string of the molecule is COc1cccc([C@H](N)c2nc(-c3ccc(OC)c(OC)c3)n[nH]2)c1. The van der Waals surface area contributed by atoms with Gasteiger partial charge in [0.1, 0.15) is 11.6 Å². The zero-order chi connectivity index (χ0) is 17.8. The van der Waals surface area contributed by atoms with E-state index in [1.165, 1.54) is 0 Å². The van der Waals surface area contributed by atoms with Crippen LogP contribution in [0.25, 0.3) is 11.4 Å². The third kappa shape index (κ3) is 3.41. The van der Waals surface area contributed by atoms with Crippen LogP contribution in [0.2, 0.25) is 0 Å². The lowest BCUT2D eigenvalue weighted by atomic mass is 10.1. The van der Waals surface area contributed by atoms with Crippen molar-refractivity contribution >= 4 is 0 Å². The van der Waals surface area contributed by atoms with E-state index in [0.717, 1.165) is 16.9 Å². The largest absolute Gasteiger partial charge is 0.497 e. The number of aromatic amines is 1. The highest BCUT2D eigenvalue weighted by atomic mass is 16.5. The maximum Gasteiger partial charge on any atom is 0.181 e. The fraction of sp³-hybridized carbons (Fsp3) is 0.222. The summed E-state index contributed by atoms with van der Waals surface area (Å²) in [6, 6.07) is 12.6. The van der Waals surface area contributed by atoms with Gasteiger partial charge in [-0.1, -0.05) is 12.1 Å². The van der Waals surface area contributed by atoms with Gasteiger partial charge in [-0.05, 0) is 35.9 Å². The molecular formula is C18H20N4O3. The van der Waals surface area contributed by atoms with Crippen LogP contribution in [-0.4, -0.2) is 36.5 Å². The average Bonchev–Trinajstić information content (AvgIpc) is 3.17. The van der Waals surface area contributed by atoms with E-state index in [1.807, 2.05) is 42.5 Å². The van der Waals surface area contributed by atoms with E-state index in [9.17, 15) is 0 Å². The lowest BCUT2D eigenvalue weighted by molar-refractivity contribution is 0.355. The second-order valence-corrected chi connectivity index (χ2v) is 5.37. The molecule has 0 bridgehead atoms. The zero-order valence-electron chi connectivity index (χ0n) is 14.3. The van der Waals surface area contributed by atoms with Crippen molar-refractivity contribution in [3.05, 3.63) is 53.9 Å². The zero-order valence-corrected chi connectivity index (χ0v) is 14.3. The van der Waals surface area contributed by atoms with Crippen molar-refractivity contribution in [3.8, 4) is 28.6 Å². The van der Waals surface area contributed by atoms with Crippen LogP contribution in [0, 0.1) is 0 Å². The lowest BCUT2D eigenvalue weighted by Crippen LogP contribution is -2.13. The normalized spacial score (nSPS) is 11.8. The number of nitrogens with two attached hydrogens (primary N) is 1. The first kappa shape index (κ1) is 16.8. The number of hydrogen-bond acceptors (Lipinski definition) is 6. The molecule has 3 aromatic rings. The smallest absolute Gasteiger partial charge is 0.181 e. The van der Waals surface area contributed by atoms with Gasteiger partial charge in [0, 0.05) is 5.56 Å². The van der Waals surface area contributed by atoms with Gasteiger partial charge in [-0.2, -0.15) is 5.10 Å². The van der Waals surface area contributed by atoms with E-state index in [-0.39, 0.29) is 0 Å². The third-order valence-electron chi connectivity index (χ3n) is 3.89. The summed E-state index contributed by atoms with van der Waals surface area (Å²) in [4.78, 5) is 4.51. The van der Waals surface area contributed by atoms with E-state index in [0.29, 0.717) is 23.1 Å². The number of H-pyrrole nitrogens is 1. The molecule has 1 heterocycles. The molecule has 1 atom stereocenters. The Hall–Kier alpha value is -3.06. The van der Waals surface area contributed by atoms with Gasteiger partial charge in [0.05, 0.1) is 27.4 Å². The second-order valence-electron chi connectivity index (χ2n) is 5.37. The molecular weight excluding hydrogens is 320 g/mol. The maximum atomic E-state index is 6.30. The number of methoxy groups -OCH3 is 3. The molecule has 0 aliphatic carbocycles. The van der Waals surface area contributed by atoms with E-state index in [2.05, 4.69) is 15.2 Å². The number of nitrogens with zero attached hydrogens (tertiary/aromatic N) is 2. The average molecular weight is 340 g/mol. The highest BCUT2D eigenvalue weighted by molar-refractivity contribution is 5.61. The monoisotopic (exact) mass is 340 g/mol. The Balaban J connectivity index is 1.89. The molecule has 0 saturated heterocycles. The molecule has 0 aliphatic heterocycles. The van der Waals surface area contributed by atoms with Crippen LogP contribution < -0.4 is 19.9 Å². The molecule has 1 aromatic heterocycles. The number of ether oxygens (including phenoxy) is 3. The molecule has 0 aliphatic rings. The fourth-order valence-electron chi connectivity index (χ4n) is 2.51. The Morgan fingerprint density at radius 1 is 0.960 bits per heavy atom. The van der Waals surface area contributed by atoms with Gasteiger partial charge in [-0.25, -0.2) is 4.98 Å². The Bertz CT molecular complexity index is 863. The van der Waals surface area contributed by atoms with E-state index in [1.54, 1.807) is 21.3 Å². The van der Waals surface area contributed by atoms with Gasteiger partial charge in [-0.3, -0.25) is 5.10 Å². The van der Waals surface area contributed by atoms with Crippen LogP contribution in [0.3, 0.4) is 0 Å². The van der Waals surface area contributed by atoms with Gasteiger partial charge >= 0.3 is 0 Å². The number of benzene rings is 2. The molecule has 7 heteroatoms. The number of aromatic nitrogens is 3. The number of rotatable bonds is 6. The Morgan fingerprint density at radius 3 is 2.48 bits per heavy atom. The molecule has 3 N–H and O–H groups in total. The molecule has 0 spiro atoms. The van der Waals surface area contributed by atoms with Crippen molar-refractivity contribution in [2.45, 2.75) is 6.04 Å². The summed E-state index contributed by atoms with van der Waals surface area (Å²) < 4.78 is 15.8. The van der Waals surface area contributed by atoms with Crippen LogP contribution in [0.4, 0.5) is 0 Å². The van der Waals surface area contributed by atoms with Gasteiger partial charge in [-0.15, -0.1) is 0 Å².